The zero-order chi connectivity index (χ0) is 15.5. The van der Waals surface area contributed by atoms with E-state index in [0.717, 1.165) is 25.7 Å². The molecule has 118 valence electrons. The molecule has 0 saturated heterocycles. The van der Waals surface area contributed by atoms with Crippen LogP contribution in [0.1, 0.15) is 57.6 Å². The van der Waals surface area contributed by atoms with Crippen molar-refractivity contribution in [3.63, 3.8) is 0 Å². The Morgan fingerprint density at radius 3 is 2.52 bits per heavy atom. The van der Waals surface area contributed by atoms with Crippen LogP contribution in [0.5, 0.6) is 0 Å². The lowest BCUT2D eigenvalue weighted by atomic mass is 9.95. The SMILES string of the molecule is CCN(C1CCCCC1)S(=O)(=O)c1cccc(C(C)O)c1. The van der Waals surface area contributed by atoms with Crippen molar-refractivity contribution in [3.8, 4) is 0 Å². The van der Waals surface area contributed by atoms with Crippen LogP contribution in [-0.2, 0) is 10.0 Å². The van der Waals surface area contributed by atoms with E-state index in [-0.39, 0.29) is 10.9 Å². The first-order valence-corrected chi connectivity index (χ1v) is 9.20. The number of hydrogen-bond acceptors (Lipinski definition) is 3. The molecule has 1 fully saturated rings. The summed E-state index contributed by atoms with van der Waals surface area (Å²) in [5, 5.41) is 9.65. The van der Waals surface area contributed by atoms with E-state index in [2.05, 4.69) is 0 Å². The fraction of sp³-hybridized carbons (Fsp3) is 0.625. The topological polar surface area (TPSA) is 57.6 Å². The molecule has 1 aromatic carbocycles. The van der Waals surface area contributed by atoms with E-state index in [1.807, 2.05) is 6.92 Å². The number of hydrogen-bond donors (Lipinski definition) is 1. The molecule has 0 aliphatic heterocycles. The molecule has 1 atom stereocenters. The van der Waals surface area contributed by atoms with Crippen LogP contribution < -0.4 is 0 Å². The lowest BCUT2D eigenvalue weighted by Crippen LogP contribution is -2.41. The number of aliphatic hydroxyl groups is 1. The minimum Gasteiger partial charge on any atom is -0.389 e. The van der Waals surface area contributed by atoms with Crippen molar-refractivity contribution in [1.82, 2.24) is 4.31 Å². The van der Waals surface area contributed by atoms with Gasteiger partial charge in [0.05, 0.1) is 11.0 Å². The summed E-state index contributed by atoms with van der Waals surface area (Å²) in [7, 11) is -3.48. The maximum Gasteiger partial charge on any atom is 0.243 e. The molecule has 1 aliphatic rings. The summed E-state index contributed by atoms with van der Waals surface area (Å²) in [5.74, 6) is 0. The molecule has 1 unspecified atom stereocenters. The van der Waals surface area contributed by atoms with Gasteiger partial charge in [-0.25, -0.2) is 8.42 Å². The van der Waals surface area contributed by atoms with E-state index < -0.39 is 16.1 Å². The number of nitrogens with zero attached hydrogens (tertiary/aromatic N) is 1. The average Bonchev–Trinajstić information content (AvgIpc) is 2.49. The molecule has 0 radical (unpaired) electrons. The summed E-state index contributed by atoms with van der Waals surface area (Å²) < 4.78 is 27.4. The average molecular weight is 311 g/mol. The van der Waals surface area contributed by atoms with Gasteiger partial charge < -0.3 is 5.11 Å². The lowest BCUT2D eigenvalue weighted by Gasteiger charge is -2.32. The maximum absolute atomic E-state index is 12.9. The Balaban J connectivity index is 2.32. The van der Waals surface area contributed by atoms with Gasteiger partial charge in [0.2, 0.25) is 10.0 Å². The van der Waals surface area contributed by atoms with Gasteiger partial charge in [-0.05, 0) is 37.5 Å². The maximum atomic E-state index is 12.9. The monoisotopic (exact) mass is 311 g/mol. The van der Waals surface area contributed by atoms with Crippen LogP contribution in [0.15, 0.2) is 29.2 Å². The van der Waals surface area contributed by atoms with E-state index in [1.165, 1.54) is 6.42 Å². The number of aliphatic hydroxyl groups excluding tert-OH is 1. The van der Waals surface area contributed by atoms with Crippen molar-refractivity contribution in [2.75, 3.05) is 6.54 Å². The van der Waals surface area contributed by atoms with Gasteiger partial charge in [0, 0.05) is 12.6 Å². The second-order valence-corrected chi connectivity index (χ2v) is 7.64. The summed E-state index contributed by atoms with van der Waals surface area (Å²) in [6.07, 6.45) is 4.64. The van der Waals surface area contributed by atoms with Crippen molar-refractivity contribution in [3.05, 3.63) is 29.8 Å². The van der Waals surface area contributed by atoms with Crippen LogP contribution >= 0.6 is 0 Å². The highest BCUT2D eigenvalue weighted by Crippen LogP contribution is 2.28. The normalized spacial score (nSPS) is 18.9. The van der Waals surface area contributed by atoms with E-state index in [0.29, 0.717) is 12.1 Å². The van der Waals surface area contributed by atoms with Gasteiger partial charge in [0.25, 0.3) is 0 Å². The predicted molar refractivity (Wildman–Crippen MR) is 83.5 cm³/mol. The summed E-state index contributed by atoms with van der Waals surface area (Å²) >= 11 is 0. The van der Waals surface area contributed by atoms with Gasteiger partial charge in [-0.2, -0.15) is 4.31 Å². The largest absolute Gasteiger partial charge is 0.389 e. The molecule has 1 N–H and O–H groups in total. The molecule has 0 aromatic heterocycles. The quantitative estimate of drug-likeness (QED) is 0.909. The highest BCUT2D eigenvalue weighted by atomic mass is 32.2. The first-order valence-electron chi connectivity index (χ1n) is 7.76. The second kappa shape index (κ2) is 6.90. The van der Waals surface area contributed by atoms with E-state index in [9.17, 15) is 13.5 Å². The van der Waals surface area contributed by atoms with E-state index in [1.54, 1.807) is 35.5 Å². The molecule has 0 amide bonds. The minimum absolute atomic E-state index is 0.115. The summed E-state index contributed by atoms with van der Waals surface area (Å²) in [4.78, 5) is 0.285. The Bertz CT molecular complexity index is 563. The van der Waals surface area contributed by atoms with Crippen LogP contribution in [-0.4, -0.2) is 30.4 Å². The lowest BCUT2D eigenvalue weighted by molar-refractivity contribution is 0.199. The molecule has 4 nitrogen and oxygen atoms in total. The van der Waals surface area contributed by atoms with Crippen LogP contribution in [0, 0.1) is 0 Å². The summed E-state index contributed by atoms with van der Waals surface area (Å²) in [6.45, 7) is 4.03. The van der Waals surface area contributed by atoms with Crippen molar-refractivity contribution in [1.29, 1.82) is 0 Å². The van der Waals surface area contributed by atoms with E-state index in [4.69, 9.17) is 0 Å². The molecule has 0 bridgehead atoms. The van der Waals surface area contributed by atoms with Crippen LogP contribution in [0.2, 0.25) is 0 Å². The molecule has 5 heteroatoms. The minimum atomic E-state index is -3.48. The van der Waals surface area contributed by atoms with Gasteiger partial charge in [-0.3, -0.25) is 0 Å². The molecule has 2 rings (SSSR count). The van der Waals surface area contributed by atoms with Crippen LogP contribution in [0.25, 0.3) is 0 Å². The second-order valence-electron chi connectivity index (χ2n) is 5.75. The Morgan fingerprint density at radius 2 is 1.95 bits per heavy atom. The van der Waals surface area contributed by atoms with Gasteiger partial charge in [-0.15, -0.1) is 0 Å². The fourth-order valence-electron chi connectivity index (χ4n) is 3.06. The number of benzene rings is 1. The molecule has 1 saturated carbocycles. The highest BCUT2D eigenvalue weighted by molar-refractivity contribution is 7.89. The number of sulfonamides is 1. The first-order chi connectivity index (χ1) is 9.96. The molecule has 0 heterocycles. The van der Waals surface area contributed by atoms with Gasteiger partial charge in [-0.1, -0.05) is 38.3 Å². The first kappa shape index (κ1) is 16.5. The molecular weight excluding hydrogens is 286 g/mol. The molecule has 1 aromatic rings. The van der Waals surface area contributed by atoms with Crippen molar-refractivity contribution < 1.29 is 13.5 Å². The predicted octanol–water partition coefficient (Wildman–Crippen LogP) is 3.08. The summed E-state index contributed by atoms with van der Waals surface area (Å²) in [6, 6.07) is 6.77. The highest BCUT2D eigenvalue weighted by Gasteiger charge is 2.31. The third kappa shape index (κ3) is 3.65. The molecule has 1 aliphatic carbocycles. The zero-order valence-corrected chi connectivity index (χ0v) is 13.6. The van der Waals surface area contributed by atoms with Gasteiger partial charge in [0.1, 0.15) is 0 Å². The third-order valence-electron chi connectivity index (χ3n) is 4.24. The Hall–Kier alpha value is -0.910. The number of rotatable bonds is 5. The van der Waals surface area contributed by atoms with Gasteiger partial charge in [0.15, 0.2) is 0 Å². The standard InChI is InChI=1S/C16H25NO3S/c1-3-17(15-9-5-4-6-10-15)21(19,20)16-11-7-8-14(12-16)13(2)18/h7-8,11-13,15,18H,3-6,9-10H2,1-2H3. The Labute approximate surface area is 127 Å². The van der Waals surface area contributed by atoms with Crippen molar-refractivity contribution in [2.24, 2.45) is 0 Å². The molecular formula is C16H25NO3S. The smallest absolute Gasteiger partial charge is 0.243 e. The zero-order valence-electron chi connectivity index (χ0n) is 12.8. The third-order valence-corrected chi connectivity index (χ3v) is 6.26. The van der Waals surface area contributed by atoms with Crippen LogP contribution in [0.4, 0.5) is 0 Å². The fourth-order valence-corrected chi connectivity index (χ4v) is 4.81. The molecule has 21 heavy (non-hydrogen) atoms. The molecule has 0 spiro atoms. The summed E-state index contributed by atoms with van der Waals surface area (Å²) in [5.41, 5.74) is 0.635. The van der Waals surface area contributed by atoms with Crippen LogP contribution in [0.3, 0.4) is 0 Å². The van der Waals surface area contributed by atoms with Crippen molar-refractivity contribution >= 4 is 10.0 Å². The van der Waals surface area contributed by atoms with Crippen molar-refractivity contribution in [2.45, 2.75) is 63.0 Å². The van der Waals surface area contributed by atoms with E-state index >= 15 is 0 Å². The van der Waals surface area contributed by atoms with Gasteiger partial charge >= 0.3 is 0 Å². The Kier molecular flexibility index (Phi) is 5.41. The Morgan fingerprint density at radius 1 is 1.29 bits per heavy atom.